The molecule has 2 nitrogen and oxygen atoms in total. The number of hydrogen-bond donors (Lipinski definition) is 1. The molecule has 0 spiro atoms. The third kappa shape index (κ3) is 2.81. The van der Waals surface area contributed by atoms with Crippen LogP contribution in [-0.2, 0) is 6.42 Å². The summed E-state index contributed by atoms with van der Waals surface area (Å²) in [6.07, 6.45) is 1.94. The fraction of sp³-hybridized carbons (Fsp3) is 0.211. The molecule has 21 heavy (non-hydrogen) atoms. The molecule has 3 rings (SSSR count). The SMILES string of the molecule is Cc1cccc(C)c1CC(O)c1ccc2ncccc2c1. The summed E-state index contributed by atoms with van der Waals surface area (Å²) < 4.78 is 0. The van der Waals surface area contributed by atoms with Crippen molar-refractivity contribution in [2.24, 2.45) is 0 Å². The van der Waals surface area contributed by atoms with E-state index >= 15 is 0 Å². The number of fused-ring (bicyclic) bond motifs is 1. The molecule has 3 aromatic rings. The van der Waals surface area contributed by atoms with E-state index in [4.69, 9.17) is 0 Å². The van der Waals surface area contributed by atoms with Gasteiger partial charge in [0.15, 0.2) is 0 Å². The molecule has 2 aromatic carbocycles. The van der Waals surface area contributed by atoms with Crippen LogP contribution in [0, 0.1) is 13.8 Å². The third-order valence-electron chi connectivity index (χ3n) is 4.05. The van der Waals surface area contributed by atoms with Gasteiger partial charge in [-0.25, -0.2) is 0 Å². The zero-order valence-corrected chi connectivity index (χ0v) is 12.4. The van der Waals surface area contributed by atoms with E-state index in [2.05, 4.69) is 37.0 Å². The highest BCUT2D eigenvalue weighted by atomic mass is 16.3. The first-order valence-electron chi connectivity index (χ1n) is 7.23. The molecular weight excluding hydrogens is 258 g/mol. The maximum atomic E-state index is 10.6. The van der Waals surface area contributed by atoms with Crippen LogP contribution in [-0.4, -0.2) is 10.1 Å². The van der Waals surface area contributed by atoms with E-state index in [1.807, 2.05) is 30.3 Å². The van der Waals surface area contributed by atoms with Gasteiger partial charge in [0.2, 0.25) is 0 Å². The fourth-order valence-corrected chi connectivity index (χ4v) is 2.78. The molecule has 1 atom stereocenters. The molecule has 1 N–H and O–H groups in total. The topological polar surface area (TPSA) is 33.1 Å². The second-order valence-corrected chi connectivity index (χ2v) is 5.55. The Morgan fingerprint density at radius 1 is 1.00 bits per heavy atom. The molecule has 0 radical (unpaired) electrons. The number of aliphatic hydroxyl groups excluding tert-OH is 1. The molecule has 2 heteroatoms. The summed E-state index contributed by atoms with van der Waals surface area (Å²) in [6.45, 7) is 4.19. The minimum absolute atomic E-state index is 0.491. The second-order valence-electron chi connectivity index (χ2n) is 5.55. The van der Waals surface area contributed by atoms with Crippen LogP contribution in [0.3, 0.4) is 0 Å². The van der Waals surface area contributed by atoms with Gasteiger partial charge in [-0.3, -0.25) is 4.98 Å². The van der Waals surface area contributed by atoms with E-state index in [9.17, 15) is 5.11 Å². The van der Waals surface area contributed by atoms with Crippen LogP contribution in [0.5, 0.6) is 0 Å². The number of hydrogen-bond acceptors (Lipinski definition) is 2. The largest absolute Gasteiger partial charge is 0.388 e. The summed E-state index contributed by atoms with van der Waals surface area (Å²) in [5.74, 6) is 0. The lowest BCUT2D eigenvalue weighted by Gasteiger charge is -2.15. The minimum atomic E-state index is -0.491. The quantitative estimate of drug-likeness (QED) is 0.781. The highest BCUT2D eigenvalue weighted by Crippen LogP contribution is 2.25. The molecule has 106 valence electrons. The Morgan fingerprint density at radius 2 is 1.76 bits per heavy atom. The molecule has 1 heterocycles. The van der Waals surface area contributed by atoms with Crippen LogP contribution in [0.1, 0.15) is 28.4 Å². The molecular formula is C19H19NO. The van der Waals surface area contributed by atoms with Crippen LogP contribution in [0.15, 0.2) is 54.7 Å². The number of aromatic nitrogens is 1. The molecule has 0 saturated heterocycles. The van der Waals surface area contributed by atoms with Gasteiger partial charge in [-0.05, 0) is 54.3 Å². The van der Waals surface area contributed by atoms with Gasteiger partial charge >= 0.3 is 0 Å². The van der Waals surface area contributed by atoms with E-state index in [0.29, 0.717) is 6.42 Å². The van der Waals surface area contributed by atoms with Crippen molar-refractivity contribution in [3.05, 3.63) is 77.0 Å². The van der Waals surface area contributed by atoms with E-state index in [0.717, 1.165) is 16.5 Å². The smallest absolute Gasteiger partial charge is 0.0830 e. The van der Waals surface area contributed by atoms with Crippen molar-refractivity contribution in [2.45, 2.75) is 26.4 Å². The molecule has 0 aliphatic rings. The summed E-state index contributed by atoms with van der Waals surface area (Å²) in [6, 6.07) is 16.2. The Balaban J connectivity index is 1.91. The minimum Gasteiger partial charge on any atom is -0.388 e. The zero-order valence-electron chi connectivity index (χ0n) is 12.4. The first kappa shape index (κ1) is 13.8. The molecule has 1 aromatic heterocycles. The standard InChI is InChI=1S/C19H19NO/c1-13-5-3-6-14(2)17(13)12-19(21)16-8-9-18-15(11-16)7-4-10-20-18/h3-11,19,21H,12H2,1-2H3. The highest BCUT2D eigenvalue weighted by Gasteiger charge is 2.12. The molecule has 0 bridgehead atoms. The third-order valence-corrected chi connectivity index (χ3v) is 4.05. The lowest BCUT2D eigenvalue weighted by atomic mass is 9.94. The zero-order chi connectivity index (χ0) is 14.8. The van der Waals surface area contributed by atoms with Gasteiger partial charge in [0.05, 0.1) is 11.6 Å². The van der Waals surface area contributed by atoms with Crippen molar-refractivity contribution in [3.8, 4) is 0 Å². The van der Waals surface area contributed by atoms with E-state index in [1.165, 1.54) is 16.7 Å². The van der Waals surface area contributed by atoms with Gasteiger partial charge in [0.1, 0.15) is 0 Å². The number of benzene rings is 2. The van der Waals surface area contributed by atoms with Gasteiger partial charge in [-0.15, -0.1) is 0 Å². The summed E-state index contributed by atoms with van der Waals surface area (Å²) in [7, 11) is 0. The van der Waals surface area contributed by atoms with Gasteiger partial charge in [0.25, 0.3) is 0 Å². The first-order chi connectivity index (χ1) is 10.1. The van der Waals surface area contributed by atoms with Crippen molar-refractivity contribution in [1.82, 2.24) is 4.98 Å². The summed E-state index contributed by atoms with van der Waals surface area (Å²) in [5.41, 5.74) is 5.60. The van der Waals surface area contributed by atoms with Crippen LogP contribution in [0.4, 0.5) is 0 Å². The van der Waals surface area contributed by atoms with Crippen molar-refractivity contribution in [3.63, 3.8) is 0 Å². The fourth-order valence-electron chi connectivity index (χ4n) is 2.78. The lowest BCUT2D eigenvalue weighted by Crippen LogP contribution is -2.05. The highest BCUT2D eigenvalue weighted by molar-refractivity contribution is 5.79. The van der Waals surface area contributed by atoms with Crippen molar-refractivity contribution in [2.75, 3.05) is 0 Å². The summed E-state index contributed by atoms with van der Waals surface area (Å²) >= 11 is 0. The Bertz CT molecular complexity index is 759. The van der Waals surface area contributed by atoms with E-state index < -0.39 is 6.10 Å². The van der Waals surface area contributed by atoms with Gasteiger partial charge < -0.3 is 5.11 Å². The van der Waals surface area contributed by atoms with Gasteiger partial charge in [-0.1, -0.05) is 30.3 Å². The van der Waals surface area contributed by atoms with Crippen molar-refractivity contribution >= 4 is 10.9 Å². The maximum absolute atomic E-state index is 10.6. The van der Waals surface area contributed by atoms with Gasteiger partial charge in [0, 0.05) is 18.0 Å². The van der Waals surface area contributed by atoms with Crippen LogP contribution < -0.4 is 0 Å². The molecule has 0 aliphatic heterocycles. The van der Waals surface area contributed by atoms with E-state index in [1.54, 1.807) is 6.20 Å². The number of aryl methyl sites for hydroxylation is 2. The summed E-state index contributed by atoms with van der Waals surface area (Å²) in [4.78, 5) is 4.31. The normalized spacial score (nSPS) is 12.5. The molecule has 1 unspecified atom stereocenters. The number of rotatable bonds is 3. The summed E-state index contributed by atoms with van der Waals surface area (Å²) in [5, 5.41) is 11.6. The predicted molar refractivity (Wildman–Crippen MR) is 86.3 cm³/mol. The van der Waals surface area contributed by atoms with Crippen LogP contribution >= 0.6 is 0 Å². The monoisotopic (exact) mass is 277 g/mol. The predicted octanol–water partition coefficient (Wildman–Crippen LogP) is 4.13. The molecule has 0 aliphatic carbocycles. The molecule has 0 fully saturated rings. The Hall–Kier alpha value is -2.19. The molecule has 0 saturated carbocycles. The number of pyridine rings is 1. The molecule has 0 amide bonds. The average Bonchev–Trinajstić information content (AvgIpc) is 2.50. The average molecular weight is 277 g/mol. The Kier molecular flexibility index (Phi) is 3.72. The van der Waals surface area contributed by atoms with Crippen LogP contribution in [0.25, 0.3) is 10.9 Å². The van der Waals surface area contributed by atoms with Crippen LogP contribution in [0.2, 0.25) is 0 Å². The Morgan fingerprint density at radius 3 is 2.52 bits per heavy atom. The number of nitrogens with zero attached hydrogens (tertiary/aromatic N) is 1. The first-order valence-corrected chi connectivity index (χ1v) is 7.23. The van der Waals surface area contributed by atoms with E-state index in [-0.39, 0.29) is 0 Å². The second kappa shape index (κ2) is 5.66. The maximum Gasteiger partial charge on any atom is 0.0830 e. The Labute approximate surface area is 125 Å². The van der Waals surface area contributed by atoms with Crippen molar-refractivity contribution in [1.29, 1.82) is 0 Å². The van der Waals surface area contributed by atoms with Crippen molar-refractivity contribution < 1.29 is 5.11 Å². The lowest BCUT2D eigenvalue weighted by molar-refractivity contribution is 0.178. The number of aliphatic hydroxyl groups is 1. The van der Waals surface area contributed by atoms with Gasteiger partial charge in [-0.2, -0.15) is 0 Å².